The Morgan fingerprint density at radius 1 is 0.311 bits per heavy atom. The molecule has 0 bridgehead atoms. The standard InChI is InChI=1S/C78H70N12/c1-8-70-82-71(9-2)86-76(85-70)28-20-27-67(79-7)53-35-29-50(30-36-53)61-21-14-17-24-64(61)58-45-59(65-25-18-15-22-62(65)51-31-37-54(38-32-51)68-43-41-56(48-80-68)77-87-72(10-3)83-73(11-4)88-77)47-60(46-58)66-26-19-16-23-63(66)52-33-39-55(40-34-52)69-44-42-57(49-81-69)78-89-74(12-5)84-75(13-6)90-78/h14-27,29-49H,8-13,28H2,1-7H3/b27-20-,79-67?. The fourth-order valence-corrected chi connectivity index (χ4v) is 11.2. The Labute approximate surface area is 527 Å². The van der Waals surface area contributed by atoms with Gasteiger partial charge in [-0.05, 0) is 121 Å². The molecule has 0 saturated carbocycles. The van der Waals surface area contributed by atoms with E-state index in [0.29, 0.717) is 18.1 Å². The second-order valence-corrected chi connectivity index (χ2v) is 21.9. The molecule has 12 rings (SSSR count). The maximum absolute atomic E-state index is 4.90. The number of aryl methyl sites for hydroxylation is 6. The predicted octanol–water partition coefficient (Wildman–Crippen LogP) is 17.3. The second-order valence-electron chi connectivity index (χ2n) is 21.9. The second kappa shape index (κ2) is 27.5. The van der Waals surface area contributed by atoms with Gasteiger partial charge in [0, 0.05) is 86.6 Å². The fourth-order valence-electron chi connectivity index (χ4n) is 11.2. The third kappa shape index (κ3) is 13.2. The van der Waals surface area contributed by atoms with Gasteiger partial charge in [-0.1, -0.05) is 193 Å². The highest BCUT2D eigenvalue weighted by Gasteiger charge is 2.18. The summed E-state index contributed by atoms with van der Waals surface area (Å²) in [5, 5.41) is 0. The maximum Gasteiger partial charge on any atom is 0.164 e. The van der Waals surface area contributed by atoms with Gasteiger partial charge < -0.3 is 0 Å². The number of nitrogens with zero attached hydrogens (tertiary/aromatic N) is 12. The summed E-state index contributed by atoms with van der Waals surface area (Å²) in [6, 6.07) is 67.6. The predicted molar refractivity (Wildman–Crippen MR) is 365 cm³/mol. The lowest BCUT2D eigenvalue weighted by Crippen LogP contribution is -2.06. The average Bonchev–Trinajstić information content (AvgIpc) is 1.73. The van der Waals surface area contributed by atoms with Crippen molar-refractivity contribution in [2.75, 3.05) is 7.05 Å². The van der Waals surface area contributed by atoms with Crippen LogP contribution in [0.15, 0.2) is 218 Å². The van der Waals surface area contributed by atoms with Gasteiger partial charge >= 0.3 is 0 Å². The van der Waals surface area contributed by atoms with Crippen LogP contribution < -0.4 is 0 Å². The van der Waals surface area contributed by atoms with Gasteiger partial charge in [0.15, 0.2) is 11.6 Å². The number of benzene rings is 7. The molecule has 7 aromatic carbocycles. The lowest BCUT2D eigenvalue weighted by atomic mass is 9.86. The third-order valence-electron chi connectivity index (χ3n) is 16.1. The summed E-state index contributed by atoms with van der Waals surface area (Å²) in [5.74, 6) is 6.88. The van der Waals surface area contributed by atoms with Crippen LogP contribution in [0.1, 0.15) is 87.9 Å². The molecule has 12 aromatic rings. The number of allylic oxidation sites excluding steroid dienone is 2. The molecule has 0 N–H and O–H groups in total. The van der Waals surface area contributed by atoms with E-state index in [1.165, 1.54) is 0 Å². The minimum Gasteiger partial charge on any atom is -0.288 e. The number of aromatic nitrogens is 11. The number of aliphatic imine (C=N–C) groups is 1. The molecule has 442 valence electrons. The molecular formula is C78H70N12. The Hall–Kier alpha value is -10.7. The number of rotatable bonds is 20. The molecule has 0 saturated heterocycles. The lowest BCUT2D eigenvalue weighted by molar-refractivity contribution is 0.783. The maximum atomic E-state index is 4.90. The van der Waals surface area contributed by atoms with E-state index in [-0.39, 0.29) is 0 Å². The highest BCUT2D eigenvalue weighted by molar-refractivity contribution is 6.09. The van der Waals surface area contributed by atoms with Gasteiger partial charge in [-0.15, -0.1) is 0 Å². The van der Waals surface area contributed by atoms with Gasteiger partial charge in [-0.25, -0.2) is 44.9 Å². The van der Waals surface area contributed by atoms with Crippen molar-refractivity contribution in [3.8, 4) is 112 Å². The summed E-state index contributed by atoms with van der Waals surface area (Å²) in [6.07, 6.45) is 13.0. The van der Waals surface area contributed by atoms with Crippen molar-refractivity contribution in [1.82, 2.24) is 54.8 Å². The summed E-state index contributed by atoms with van der Waals surface area (Å²) in [6.45, 7) is 12.4. The third-order valence-corrected chi connectivity index (χ3v) is 16.1. The molecule has 12 heteroatoms. The topological polar surface area (TPSA) is 154 Å². The van der Waals surface area contributed by atoms with Gasteiger partial charge in [0.05, 0.1) is 17.1 Å². The van der Waals surface area contributed by atoms with Gasteiger partial charge in [0.25, 0.3) is 0 Å². The molecule has 0 radical (unpaired) electrons. The van der Waals surface area contributed by atoms with Crippen molar-refractivity contribution in [2.45, 2.75) is 86.5 Å². The molecule has 0 aliphatic carbocycles. The largest absolute Gasteiger partial charge is 0.288 e. The molecule has 5 aromatic heterocycles. The molecule has 12 nitrogen and oxygen atoms in total. The van der Waals surface area contributed by atoms with E-state index >= 15 is 0 Å². The van der Waals surface area contributed by atoms with E-state index in [1.807, 2.05) is 43.7 Å². The normalized spacial score (nSPS) is 11.6. The van der Waals surface area contributed by atoms with E-state index in [2.05, 4.69) is 242 Å². The molecule has 5 heterocycles. The monoisotopic (exact) mass is 1170 g/mol. The first-order valence-corrected chi connectivity index (χ1v) is 31.2. The molecule has 0 amide bonds. The zero-order valence-corrected chi connectivity index (χ0v) is 52.0. The van der Waals surface area contributed by atoms with Crippen LogP contribution >= 0.6 is 0 Å². The van der Waals surface area contributed by atoms with Gasteiger partial charge in [0.2, 0.25) is 0 Å². The van der Waals surface area contributed by atoms with Crippen LogP contribution in [0, 0.1) is 0 Å². The smallest absolute Gasteiger partial charge is 0.164 e. The Balaban J connectivity index is 0.896. The van der Waals surface area contributed by atoms with Crippen molar-refractivity contribution in [2.24, 2.45) is 4.99 Å². The molecular weight excluding hydrogens is 1100 g/mol. The van der Waals surface area contributed by atoms with Crippen molar-refractivity contribution in [3.63, 3.8) is 0 Å². The number of hydrogen-bond acceptors (Lipinski definition) is 12. The van der Waals surface area contributed by atoms with Crippen LogP contribution in [0.4, 0.5) is 0 Å². The first kappa shape index (κ1) is 59.6. The summed E-state index contributed by atoms with van der Waals surface area (Å²) in [5.41, 5.74) is 20.7. The molecule has 0 unspecified atom stereocenters. The number of pyridine rings is 2. The molecule has 0 aliphatic heterocycles. The SMILES string of the molecule is CCc1nc(CC)nc(C/C=C\C(=NC)c2ccc(-c3ccccc3-c3cc(-c4ccccc4-c4ccc(-c5ccc(-c6nc(CC)nc(CC)n6)cn5)cc4)cc(-c4ccccc4-c4ccc(-c5ccc(-c6nc(CC)nc(CC)n6)cn5)cc4)c3)cc2)n1. The first-order valence-electron chi connectivity index (χ1n) is 31.2. The van der Waals surface area contributed by atoms with Crippen molar-refractivity contribution in [3.05, 3.63) is 259 Å². The Bertz CT molecular complexity index is 4290. The molecule has 0 spiro atoms. The van der Waals surface area contributed by atoms with Crippen LogP contribution in [0.2, 0.25) is 0 Å². The Morgan fingerprint density at radius 3 is 0.911 bits per heavy atom. The van der Waals surface area contributed by atoms with Gasteiger partial charge in [-0.3, -0.25) is 15.0 Å². The van der Waals surface area contributed by atoms with Gasteiger partial charge in [-0.2, -0.15) is 0 Å². The van der Waals surface area contributed by atoms with E-state index in [1.54, 1.807) is 0 Å². The summed E-state index contributed by atoms with van der Waals surface area (Å²) in [7, 11) is 1.84. The molecule has 90 heavy (non-hydrogen) atoms. The fraction of sp³-hybridized carbons (Fsp3) is 0.179. The minimum absolute atomic E-state index is 0.594. The van der Waals surface area contributed by atoms with Crippen LogP contribution in [0.3, 0.4) is 0 Å². The van der Waals surface area contributed by atoms with Crippen LogP contribution in [-0.4, -0.2) is 67.6 Å². The zero-order valence-electron chi connectivity index (χ0n) is 52.0. The van der Waals surface area contributed by atoms with Crippen LogP contribution in [-0.2, 0) is 44.9 Å². The zero-order chi connectivity index (χ0) is 61.9. The number of hydrogen-bond donors (Lipinski definition) is 0. The van der Waals surface area contributed by atoms with Crippen molar-refractivity contribution in [1.29, 1.82) is 0 Å². The molecule has 0 aliphatic rings. The minimum atomic E-state index is 0.594. The van der Waals surface area contributed by atoms with Gasteiger partial charge in [0.1, 0.15) is 40.8 Å². The highest BCUT2D eigenvalue weighted by Crippen LogP contribution is 2.43. The Kier molecular flexibility index (Phi) is 18.2. The van der Waals surface area contributed by atoms with E-state index in [0.717, 1.165) is 191 Å². The lowest BCUT2D eigenvalue weighted by Gasteiger charge is -2.18. The molecule has 0 atom stereocenters. The summed E-state index contributed by atoms with van der Waals surface area (Å²) < 4.78 is 0. The van der Waals surface area contributed by atoms with Crippen LogP contribution in [0.25, 0.3) is 112 Å². The van der Waals surface area contributed by atoms with Crippen LogP contribution in [0.5, 0.6) is 0 Å². The van der Waals surface area contributed by atoms with Crippen molar-refractivity contribution < 1.29 is 0 Å². The van der Waals surface area contributed by atoms with Crippen molar-refractivity contribution >= 4 is 5.71 Å². The quantitative estimate of drug-likeness (QED) is 0.0670. The molecule has 0 fully saturated rings. The summed E-state index contributed by atoms with van der Waals surface area (Å²) in [4.78, 5) is 56.5. The van der Waals surface area contributed by atoms with E-state index in [9.17, 15) is 0 Å². The van der Waals surface area contributed by atoms with E-state index in [4.69, 9.17) is 34.9 Å². The highest BCUT2D eigenvalue weighted by atomic mass is 15.0. The average molecular weight is 1180 g/mol. The first-order chi connectivity index (χ1) is 44.2. The van der Waals surface area contributed by atoms with E-state index < -0.39 is 0 Å². The summed E-state index contributed by atoms with van der Waals surface area (Å²) >= 11 is 0. The Morgan fingerprint density at radius 2 is 0.600 bits per heavy atom.